The van der Waals surface area contributed by atoms with E-state index in [9.17, 15) is 33.6 Å². The van der Waals surface area contributed by atoms with Gasteiger partial charge in [0.15, 0.2) is 0 Å². The predicted molar refractivity (Wildman–Crippen MR) is 239 cm³/mol. The highest BCUT2D eigenvalue weighted by Gasteiger charge is 2.32. The number of esters is 1. The second kappa shape index (κ2) is 25.7. The molecule has 0 bridgehead atoms. The van der Waals surface area contributed by atoms with Gasteiger partial charge in [0.05, 0.1) is 7.11 Å². The molecule has 0 saturated carbocycles. The maximum absolute atomic E-state index is 14.2. The van der Waals surface area contributed by atoms with Crippen molar-refractivity contribution in [3.05, 3.63) is 71.6 Å². The summed E-state index contributed by atoms with van der Waals surface area (Å²) in [6.07, 6.45) is 8.81. The largest absolute Gasteiger partial charge is 0.467 e. The van der Waals surface area contributed by atoms with E-state index in [4.69, 9.17) is 9.47 Å². The highest BCUT2D eigenvalue weighted by atomic mass is 16.6. The minimum Gasteiger partial charge on any atom is -0.467 e. The zero-order valence-corrected chi connectivity index (χ0v) is 38.8. The Balaban J connectivity index is 2.49. The molecule has 0 fully saturated rings. The molecular weight excluding hydrogens is 809 g/mol. The van der Waals surface area contributed by atoms with E-state index in [-0.39, 0.29) is 60.7 Å². The molecule has 17 heteroatoms. The molecule has 0 aliphatic rings. The van der Waals surface area contributed by atoms with E-state index in [2.05, 4.69) is 41.9 Å². The summed E-state index contributed by atoms with van der Waals surface area (Å²) in [4.78, 5) is 104. The molecule has 6 amide bonds. The first-order chi connectivity index (χ1) is 29.5. The van der Waals surface area contributed by atoms with Crippen LogP contribution in [-0.4, -0.2) is 88.4 Å². The molecule has 346 valence electrons. The van der Waals surface area contributed by atoms with Crippen molar-refractivity contribution >= 4 is 53.8 Å². The Kier molecular flexibility index (Phi) is 21.6. The van der Waals surface area contributed by atoms with Crippen LogP contribution >= 0.6 is 0 Å². The van der Waals surface area contributed by atoms with Gasteiger partial charge in [-0.15, -0.1) is 0 Å². The van der Waals surface area contributed by atoms with Crippen LogP contribution in [0.2, 0.25) is 0 Å². The van der Waals surface area contributed by atoms with Crippen molar-refractivity contribution < 1.29 is 43.0 Å². The predicted octanol–water partition coefficient (Wildman–Crippen LogP) is 4.80. The molecular formula is C46H68N8O9. The van der Waals surface area contributed by atoms with Crippen molar-refractivity contribution in [2.75, 3.05) is 7.11 Å². The van der Waals surface area contributed by atoms with Crippen LogP contribution in [0.1, 0.15) is 113 Å². The number of rotatable bonds is 22. The summed E-state index contributed by atoms with van der Waals surface area (Å²) in [6.45, 7) is 20.0. The van der Waals surface area contributed by atoms with Gasteiger partial charge in [0.1, 0.15) is 41.2 Å². The molecule has 2 aromatic heterocycles. The Morgan fingerprint density at radius 1 is 0.571 bits per heavy atom. The molecule has 0 spiro atoms. The van der Waals surface area contributed by atoms with Crippen molar-refractivity contribution in [1.29, 1.82) is 0 Å². The second-order valence-corrected chi connectivity index (χ2v) is 18.0. The summed E-state index contributed by atoms with van der Waals surface area (Å²) >= 11 is 0. The van der Waals surface area contributed by atoms with E-state index < -0.39 is 71.4 Å². The summed E-state index contributed by atoms with van der Waals surface area (Å²) < 4.78 is 10.3. The molecule has 2 aromatic rings. The summed E-state index contributed by atoms with van der Waals surface area (Å²) in [5.74, 6) is -4.63. The third-order valence-corrected chi connectivity index (χ3v) is 8.88. The Labute approximate surface area is 371 Å². The second-order valence-electron chi connectivity index (χ2n) is 18.0. The number of methoxy groups -OCH3 is 1. The number of alkyl carbamates (subject to hydrolysis) is 1. The Morgan fingerprint density at radius 3 is 1.32 bits per heavy atom. The van der Waals surface area contributed by atoms with Gasteiger partial charge in [0.25, 0.3) is 11.8 Å². The smallest absolute Gasteiger partial charge is 0.408 e. The first kappa shape index (κ1) is 53.0. The number of carbonyl (C=O) groups excluding carboxylic acids is 7. The van der Waals surface area contributed by atoms with Gasteiger partial charge in [-0.1, -0.05) is 67.5 Å². The molecule has 2 rings (SSSR count). The fraction of sp³-hybridized carbons (Fsp3) is 0.543. The summed E-state index contributed by atoms with van der Waals surface area (Å²) in [6, 6.07) is 2.15. The van der Waals surface area contributed by atoms with Gasteiger partial charge in [0, 0.05) is 24.8 Å². The molecule has 17 nitrogen and oxygen atoms in total. The maximum atomic E-state index is 14.2. The zero-order valence-electron chi connectivity index (χ0n) is 38.8. The molecule has 4 atom stereocenters. The zero-order chi connectivity index (χ0) is 47.4. The maximum Gasteiger partial charge on any atom is 0.408 e. The van der Waals surface area contributed by atoms with E-state index in [1.807, 2.05) is 55.4 Å². The first-order valence-electron chi connectivity index (χ1n) is 21.3. The fourth-order valence-electron chi connectivity index (χ4n) is 6.14. The van der Waals surface area contributed by atoms with Gasteiger partial charge in [-0.2, -0.15) is 0 Å². The molecule has 6 N–H and O–H groups in total. The number of hydrogen-bond donors (Lipinski definition) is 6. The monoisotopic (exact) mass is 877 g/mol. The Bertz CT molecular complexity index is 1910. The molecule has 0 aromatic carbocycles. The van der Waals surface area contributed by atoms with Gasteiger partial charge in [-0.3, -0.25) is 33.9 Å². The molecule has 0 aliphatic carbocycles. The standard InChI is InChI=1S/C46H68N8O9/c1-27(2)19-33(50-42(58)36(23-31-15-13-17-47-25-31)52-41(57)35(21-29(5)6)54-45(61)63-46(9,10)11)39(55)49-34(20-28(3)4)40(56)51-37(24-32-16-14-18-48-26-32)43(59)53-38(22-30(7)8)44(60)62-12/h13-18,23-30,33-35,38H,19-22H2,1-12H3,(H,49,55)(H,50,58)(H,51,56)(H,52,57)(H,53,59)(H,54,61)/b36-23-,37-24-/t33-,34-,35-,38-/m0/s1. The summed E-state index contributed by atoms with van der Waals surface area (Å²) in [5, 5.41) is 16.1. The van der Waals surface area contributed by atoms with Gasteiger partial charge >= 0.3 is 12.1 Å². The van der Waals surface area contributed by atoms with E-state index in [0.717, 1.165) is 0 Å². The van der Waals surface area contributed by atoms with Crippen molar-refractivity contribution in [2.45, 2.75) is 132 Å². The average molecular weight is 877 g/mol. The average Bonchev–Trinajstić information content (AvgIpc) is 3.18. The lowest BCUT2D eigenvalue weighted by molar-refractivity contribution is -0.145. The molecule has 0 saturated heterocycles. The van der Waals surface area contributed by atoms with Crippen molar-refractivity contribution in [1.82, 2.24) is 41.9 Å². The SMILES string of the molecule is COC(=O)[C@H](CC(C)C)NC(=O)/C(=C/c1cccnc1)NC(=O)[C@H](CC(C)C)NC(=O)[C@H](CC(C)C)NC(=O)/C(=C/c1cccnc1)NC(=O)[C@H](CC(C)C)NC(=O)OC(C)(C)C. The van der Waals surface area contributed by atoms with Crippen LogP contribution in [-0.2, 0) is 38.2 Å². The van der Waals surface area contributed by atoms with Gasteiger partial charge in [0.2, 0.25) is 17.7 Å². The number of ether oxygens (including phenoxy) is 2. The van der Waals surface area contributed by atoms with Crippen LogP contribution in [0.15, 0.2) is 60.4 Å². The van der Waals surface area contributed by atoms with E-state index in [1.165, 1.54) is 31.7 Å². The van der Waals surface area contributed by atoms with E-state index in [0.29, 0.717) is 11.1 Å². The molecule has 0 radical (unpaired) electrons. The van der Waals surface area contributed by atoms with Crippen LogP contribution in [0.5, 0.6) is 0 Å². The molecule has 2 heterocycles. The number of nitrogens with zero attached hydrogens (tertiary/aromatic N) is 2. The highest BCUT2D eigenvalue weighted by Crippen LogP contribution is 2.15. The van der Waals surface area contributed by atoms with E-state index in [1.54, 1.807) is 57.4 Å². The van der Waals surface area contributed by atoms with Crippen LogP contribution in [0.25, 0.3) is 12.2 Å². The quantitative estimate of drug-likeness (QED) is 0.0695. The van der Waals surface area contributed by atoms with Gasteiger partial charge in [-0.25, -0.2) is 9.59 Å². The lowest BCUT2D eigenvalue weighted by Gasteiger charge is -2.26. The summed E-state index contributed by atoms with van der Waals surface area (Å²) in [7, 11) is 1.22. The van der Waals surface area contributed by atoms with Crippen LogP contribution < -0.4 is 31.9 Å². The van der Waals surface area contributed by atoms with Crippen LogP contribution in [0.4, 0.5) is 4.79 Å². The molecule has 63 heavy (non-hydrogen) atoms. The minimum atomic E-state index is -1.20. The third kappa shape index (κ3) is 20.5. The first-order valence-corrected chi connectivity index (χ1v) is 21.3. The lowest BCUT2D eigenvalue weighted by atomic mass is 9.99. The number of carbonyl (C=O) groups is 7. The number of amides is 6. The summed E-state index contributed by atoms with van der Waals surface area (Å²) in [5.41, 5.74) is -0.332. The lowest BCUT2D eigenvalue weighted by Crippen LogP contribution is -2.56. The molecule has 0 unspecified atom stereocenters. The van der Waals surface area contributed by atoms with Crippen LogP contribution in [0, 0.1) is 23.7 Å². The number of pyridine rings is 2. The number of hydrogen-bond acceptors (Lipinski definition) is 11. The fourth-order valence-corrected chi connectivity index (χ4v) is 6.14. The van der Waals surface area contributed by atoms with Crippen molar-refractivity contribution in [3.8, 4) is 0 Å². The number of aromatic nitrogens is 2. The van der Waals surface area contributed by atoms with Gasteiger partial charge in [-0.05, 0) is 106 Å². The van der Waals surface area contributed by atoms with Gasteiger partial charge < -0.3 is 41.4 Å². The third-order valence-electron chi connectivity index (χ3n) is 8.88. The van der Waals surface area contributed by atoms with Crippen LogP contribution in [0.3, 0.4) is 0 Å². The molecule has 0 aliphatic heterocycles. The van der Waals surface area contributed by atoms with Crippen molar-refractivity contribution in [3.63, 3.8) is 0 Å². The topological polar surface area (TPSA) is 236 Å². The normalized spacial score (nSPS) is 14.0. The Morgan fingerprint density at radius 2 is 0.952 bits per heavy atom. The van der Waals surface area contributed by atoms with Crippen molar-refractivity contribution in [2.24, 2.45) is 23.7 Å². The minimum absolute atomic E-state index is 0.0146. The highest BCUT2D eigenvalue weighted by molar-refractivity contribution is 6.05. The van der Waals surface area contributed by atoms with E-state index >= 15 is 0 Å². The Hall–Kier alpha value is -6.13. The number of nitrogens with one attached hydrogen (secondary N) is 6.